The first-order chi connectivity index (χ1) is 7.59. The smallest absolute Gasteiger partial charge is 0.153 e. The van der Waals surface area contributed by atoms with E-state index >= 15 is 0 Å². The minimum atomic E-state index is -0.298. The van der Waals surface area contributed by atoms with Gasteiger partial charge in [-0.1, -0.05) is 28.9 Å². The minimum Gasteiger partial charge on any atom is -0.319 e. The van der Waals surface area contributed by atoms with Crippen molar-refractivity contribution in [1.29, 1.82) is 0 Å². The van der Waals surface area contributed by atoms with Gasteiger partial charge in [0.15, 0.2) is 4.60 Å². The first kappa shape index (κ1) is 11.6. The average molecular weight is 302 g/mol. The molecule has 1 atom stereocenters. The minimum absolute atomic E-state index is 0.298. The van der Waals surface area contributed by atoms with Crippen LogP contribution in [0.2, 0.25) is 5.02 Å². The summed E-state index contributed by atoms with van der Waals surface area (Å²) in [6.45, 7) is 0. The molecule has 0 fully saturated rings. The van der Waals surface area contributed by atoms with Gasteiger partial charge < -0.3 is 5.73 Å². The van der Waals surface area contributed by atoms with E-state index in [1.165, 1.54) is 0 Å². The lowest BCUT2D eigenvalue weighted by molar-refractivity contribution is 0.651. The number of halogens is 2. The van der Waals surface area contributed by atoms with Crippen molar-refractivity contribution in [3.8, 4) is 0 Å². The Bertz CT molecular complexity index is 492. The zero-order chi connectivity index (χ0) is 11.7. The average Bonchev–Trinajstić information content (AvgIpc) is 2.58. The molecule has 2 rings (SSSR count). The Morgan fingerprint density at radius 2 is 2.25 bits per heavy atom. The number of hydrogen-bond donors (Lipinski definition) is 1. The van der Waals surface area contributed by atoms with Gasteiger partial charge in [0.25, 0.3) is 0 Å². The van der Waals surface area contributed by atoms with E-state index in [1.807, 2.05) is 24.3 Å². The molecule has 0 aliphatic rings. The maximum atomic E-state index is 6.14. The van der Waals surface area contributed by atoms with Gasteiger partial charge in [0.05, 0.1) is 11.7 Å². The van der Waals surface area contributed by atoms with Gasteiger partial charge in [-0.2, -0.15) is 0 Å². The number of rotatable bonds is 2. The van der Waals surface area contributed by atoms with Crippen molar-refractivity contribution in [3.05, 3.63) is 45.1 Å². The summed E-state index contributed by atoms with van der Waals surface area (Å²) in [7, 11) is 1.80. The van der Waals surface area contributed by atoms with E-state index in [-0.39, 0.29) is 6.04 Å². The molecule has 2 N–H and O–H groups in total. The molecule has 0 aliphatic heterocycles. The van der Waals surface area contributed by atoms with Gasteiger partial charge in [0, 0.05) is 12.1 Å². The van der Waals surface area contributed by atoms with Crippen LogP contribution in [0.1, 0.15) is 17.3 Å². The van der Waals surface area contributed by atoms with E-state index in [9.17, 15) is 0 Å². The van der Waals surface area contributed by atoms with Crippen molar-refractivity contribution in [2.45, 2.75) is 6.04 Å². The molecule has 1 heterocycles. The molecule has 6 heteroatoms. The first-order valence-electron chi connectivity index (χ1n) is 4.65. The highest BCUT2D eigenvalue weighted by Crippen LogP contribution is 2.25. The quantitative estimate of drug-likeness (QED) is 0.926. The Hall–Kier alpha value is -0.910. The molecule has 16 heavy (non-hydrogen) atoms. The number of nitrogens with zero attached hydrogens (tertiary/aromatic N) is 3. The maximum absolute atomic E-state index is 6.14. The number of hydrogen-bond acceptors (Lipinski definition) is 3. The van der Waals surface area contributed by atoms with E-state index < -0.39 is 0 Å². The number of nitrogens with two attached hydrogens (primary N) is 1. The molecular formula is C10H10BrClN4. The van der Waals surface area contributed by atoms with Gasteiger partial charge in [-0.25, -0.2) is 4.68 Å². The Morgan fingerprint density at radius 3 is 2.81 bits per heavy atom. The van der Waals surface area contributed by atoms with Gasteiger partial charge in [0.1, 0.15) is 0 Å². The zero-order valence-electron chi connectivity index (χ0n) is 8.56. The van der Waals surface area contributed by atoms with Crippen LogP contribution in [-0.2, 0) is 7.05 Å². The van der Waals surface area contributed by atoms with Gasteiger partial charge in [0.2, 0.25) is 0 Å². The first-order valence-corrected chi connectivity index (χ1v) is 5.83. The summed E-state index contributed by atoms with van der Waals surface area (Å²) in [4.78, 5) is 0. The van der Waals surface area contributed by atoms with E-state index in [2.05, 4.69) is 26.2 Å². The molecular weight excluding hydrogens is 291 g/mol. The summed E-state index contributed by atoms with van der Waals surface area (Å²) in [5, 5.41) is 8.46. The lowest BCUT2D eigenvalue weighted by atomic mass is 10.1. The second-order valence-corrected chi connectivity index (χ2v) is 4.61. The predicted molar refractivity (Wildman–Crippen MR) is 66.2 cm³/mol. The number of aryl methyl sites for hydroxylation is 1. The van der Waals surface area contributed by atoms with Crippen LogP contribution in [0.25, 0.3) is 0 Å². The molecule has 0 amide bonds. The standard InChI is InChI=1S/C10H10BrClN4/c1-16-9(10(11)14-15-16)8(13)6-3-2-4-7(12)5-6/h2-5,8H,13H2,1H3. The molecule has 1 aromatic heterocycles. The van der Waals surface area contributed by atoms with Crippen molar-refractivity contribution < 1.29 is 0 Å². The van der Waals surface area contributed by atoms with Crippen LogP contribution in [0.3, 0.4) is 0 Å². The Labute approximate surface area is 107 Å². The fourth-order valence-corrected chi connectivity index (χ4v) is 2.30. The van der Waals surface area contributed by atoms with Crippen LogP contribution < -0.4 is 5.73 Å². The third-order valence-corrected chi connectivity index (χ3v) is 3.13. The molecule has 0 saturated carbocycles. The molecule has 4 nitrogen and oxygen atoms in total. The van der Waals surface area contributed by atoms with Crippen LogP contribution in [0.4, 0.5) is 0 Å². The van der Waals surface area contributed by atoms with E-state index in [0.29, 0.717) is 9.63 Å². The summed E-state index contributed by atoms with van der Waals surface area (Å²) in [6, 6.07) is 7.15. The normalized spacial score (nSPS) is 12.8. The largest absolute Gasteiger partial charge is 0.319 e. The van der Waals surface area contributed by atoms with Gasteiger partial charge in [-0.15, -0.1) is 5.10 Å². The molecule has 0 radical (unpaired) electrons. The SMILES string of the molecule is Cn1nnc(Br)c1C(N)c1cccc(Cl)c1. The summed E-state index contributed by atoms with van der Waals surface area (Å²) in [5.41, 5.74) is 7.89. The molecule has 0 bridgehead atoms. The zero-order valence-corrected chi connectivity index (χ0v) is 10.9. The molecule has 0 spiro atoms. The lowest BCUT2D eigenvalue weighted by Gasteiger charge is -2.12. The van der Waals surface area contributed by atoms with Crippen molar-refractivity contribution in [1.82, 2.24) is 15.0 Å². The van der Waals surface area contributed by atoms with E-state index in [1.54, 1.807) is 11.7 Å². The van der Waals surface area contributed by atoms with Crippen molar-refractivity contribution in [3.63, 3.8) is 0 Å². The van der Waals surface area contributed by atoms with Crippen molar-refractivity contribution >= 4 is 27.5 Å². The topological polar surface area (TPSA) is 56.7 Å². The highest BCUT2D eigenvalue weighted by molar-refractivity contribution is 9.10. The van der Waals surface area contributed by atoms with Crippen LogP contribution >= 0.6 is 27.5 Å². The van der Waals surface area contributed by atoms with E-state index in [4.69, 9.17) is 17.3 Å². The fraction of sp³-hybridized carbons (Fsp3) is 0.200. The molecule has 1 aromatic carbocycles. The lowest BCUT2D eigenvalue weighted by Crippen LogP contribution is -2.16. The second kappa shape index (κ2) is 4.53. The van der Waals surface area contributed by atoms with Crippen LogP contribution in [0, 0.1) is 0 Å². The highest BCUT2D eigenvalue weighted by atomic mass is 79.9. The Kier molecular flexibility index (Phi) is 3.28. The third kappa shape index (κ3) is 2.11. The Balaban J connectivity index is 2.43. The summed E-state index contributed by atoms with van der Waals surface area (Å²) in [6.07, 6.45) is 0. The van der Waals surface area contributed by atoms with E-state index in [0.717, 1.165) is 11.3 Å². The molecule has 84 valence electrons. The fourth-order valence-electron chi connectivity index (χ4n) is 1.53. The number of benzene rings is 1. The summed E-state index contributed by atoms with van der Waals surface area (Å²) < 4.78 is 2.30. The molecule has 0 saturated heterocycles. The monoisotopic (exact) mass is 300 g/mol. The summed E-state index contributed by atoms with van der Waals surface area (Å²) in [5.74, 6) is 0. The molecule has 2 aromatic rings. The van der Waals surface area contributed by atoms with Crippen LogP contribution in [0.15, 0.2) is 28.9 Å². The van der Waals surface area contributed by atoms with Crippen LogP contribution in [0.5, 0.6) is 0 Å². The maximum Gasteiger partial charge on any atom is 0.153 e. The van der Waals surface area contributed by atoms with Crippen molar-refractivity contribution in [2.75, 3.05) is 0 Å². The predicted octanol–water partition coefficient (Wildman–Crippen LogP) is 2.28. The molecule has 0 aliphatic carbocycles. The Morgan fingerprint density at radius 1 is 1.50 bits per heavy atom. The molecule has 1 unspecified atom stereocenters. The van der Waals surface area contributed by atoms with Crippen LogP contribution in [-0.4, -0.2) is 15.0 Å². The summed E-state index contributed by atoms with van der Waals surface area (Å²) >= 11 is 9.25. The van der Waals surface area contributed by atoms with Gasteiger partial charge in [-0.3, -0.25) is 0 Å². The van der Waals surface area contributed by atoms with Crippen molar-refractivity contribution in [2.24, 2.45) is 12.8 Å². The highest BCUT2D eigenvalue weighted by Gasteiger charge is 2.18. The van der Waals surface area contributed by atoms with Gasteiger partial charge >= 0.3 is 0 Å². The number of aromatic nitrogens is 3. The van der Waals surface area contributed by atoms with Gasteiger partial charge in [-0.05, 0) is 33.6 Å². The second-order valence-electron chi connectivity index (χ2n) is 3.42. The third-order valence-electron chi connectivity index (χ3n) is 2.33.